The molecule has 0 fully saturated rings. The Morgan fingerprint density at radius 1 is 1.00 bits per heavy atom. The highest BCUT2D eigenvalue weighted by Gasteiger charge is 2.00. The van der Waals surface area contributed by atoms with Gasteiger partial charge in [-0.15, -0.1) is 0 Å². The summed E-state index contributed by atoms with van der Waals surface area (Å²) in [5, 5.41) is 0. The minimum Gasteiger partial charge on any atom is -0.452 e. The van der Waals surface area contributed by atoms with Gasteiger partial charge in [0.15, 0.2) is 0 Å². The summed E-state index contributed by atoms with van der Waals surface area (Å²) in [4.78, 5) is 20.8. The molecule has 0 spiro atoms. The number of nitrogens with one attached hydrogen (secondary N) is 2. The molecule has 2 amide bonds. The Morgan fingerprint density at radius 2 is 1.33 bits per heavy atom. The normalized spacial score (nSPS) is 8.50. The molecule has 0 heterocycles. The van der Waals surface area contributed by atoms with Crippen molar-refractivity contribution in [1.82, 2.24) is 9.44 Å². The zero-order valence-electron chi connectivity index (χ0n) is 6.45. The first-order chi connectivity index (χ1) is 5.70. The molecule has 0 aromatic heterocycles. The Labute approximate surface area is 77.4 Å². The van der Waals surface area contributed by atoms with Crippen LogP contribution in [0, 0.1) is 0 Å². The summed E-state index contributed by atoms with van der Waals surface area (Å²) >= 11 is 0. The van der Waals surface area contributed by atoms with Crippen LogP contribution in [0.15, 0.2) is 0 Å². The van der Waals surface area contributed by atoms with Crippen molar-refractivity contribution in [3.8, 4) is 0 Å². The van der Waals surface area contributed by atoms with Crippen LogP contribution in [0.25, 0.3) is 0 Å². The number of ether oxygens (including phenoxy) is 2. The van der Waals surface area contributed by atoms with Crippen molar-refractivity contribution in [2.24, 2.45) is 0 Å². The van der Waals surface area contributed by atoms with Gasteiger partial charge in [0.2, 0.25) is 0 Å². The van der Waals surface area contributed by atoms with E-state index in [9.17, 15) is 9.59 Å². The van der Waals surface area contributed by atoms with Gasteiger partial charge in [-0.05, 0) is 0 Å². The third kappa shape index (κ3) is 5.98. The largest absolute Gasteiger partial charge is 0.452 e. The Kier molecular flexibility index (Phi) is 6.48. The molecule has 0 bridgehead atoms. The van der Waals surface area contributed by atoms with Gasteiger partial charge < -0.3 is 9.47 Å². The van der Waals surface area contributed by atoms with Crippen LogP contribution in [0.5, 0.6) is 0 Å². The summed E-state index contributed by atoms with van der Waals surface area (Å²) in [6, 6.07) is 0. The van der Waals surface area contributed by atoms with Gasteiger partial charge >= 0.3 is 12.2 Å². The van der Waals surface area contributed by atoms with Crippen LogP contribution in [0.4, 0.5) is 9.59 Å². The molecule has 0 aromatic carbocycles. The van der Waals surface area contributed by atoms with E-state index in [0.717, 1.165) is 22.0 Å². The number of hydrogen-bond donors (Lipinski definition) is 2. The number of amides is 2. The molecule has 0 radical (unpaired) electrons. The maximum Gasteiger partial charge on any atom is 0.417 e. The lowest BCUT2D eigenvalue weighted by molar-refractivity contribution is 0.177. The van der Waals surface area contributed by atoms with Crippen molar-refractivity contribution >= 4 is 34.1 Å². The predicted molar refractivity (Wildman–Crippen MR) is 46.3 cm³/mol. The molecular formula is C4H8N2O4S2. The van der Waals surface area contributed by atoms with E-state index >= 15 is 0 Å². The Bertz CT molecular complexity index is 147. The van der Waals surface area contributed by atoms with Crippen molar-refractivity contribution in [2.75, 3.05) is 14.2 Å². The molecule has 0 rings (SSSR count). The third-order valence-corrected chi connectivity index (χ3v) is 2.00. The first-order valence-electron chi connectivity index (χ1n) is 2.71. The first-order valence-corrected chi connectivity index (χ1v) is 4.86. The summed E-state index contributed by atoms with van der Waals surface area (Å²) in [6.07, 6.45) is -1.17. The van der Waals surface area contributed by atoms with E-state index in [1.54, 1.807) is 0 Å². The molecule has 0 aliphatic rings. The Morgan fingerprint density at radius 3 is 1.58 bits per heavy atom. The highest BCUT2D eigenvalue weighted by Crippen LogP contribution is 2.12. The molecule has 12 heavy (non-hydrogen) atoms. The zero-order valence-corrected chi connectivity index (χ0v) is 8.08. The fraction of sp³-hybridized carbons (Fsp3) is 0.500. The average Bonchev–Trinajstić information content (AvgIpc) is 2.11. The lowest BCUT2D eigenvalue weighted by Crippen LogP contribution is -2.18. The van der Waals surface area contributed by atoms with Crippen molar-refractivity contribution in [2.45, 2.75) is 0 Å². The van der Waals surface area contributed by atoms with Crippen molar-refractivity contribution < 1.29 is 19.1 Å². The number of hydrogen-bond acceptors (Lipinski definition) is 6. The standard InChI is InChI=1S/C4H8N2O4S2/c1-9-3(7)5-11-12-6-4(8)10-2/h1-2H3,(H,5,7)(H,6,8). The quantitative estimate of drug-likeness (QED) is 0.411. The zero-order chi connectivity index (χ0) is 9.40. The van der Waals surface area contributed by atoms with E-state index in [1.807, 2.05) is 0 Å². The maximum atomic E-state index is 10.4. The minimum absolute atomic E-state index is 0.584. The molecule has 0 unspecified atom stereocenters. The minimum atomic E-state index is -0.584. The summed E-state index contributed by atoms with van der Waals surface area (Å²) in [6.45, 7) is 0. The molecule has 0 aromatic rings. The van der Waals surface area contributed by atoms with Crippen LogP contribution >= 0.6 is 22.0 Å². The summed E-state index contributed by atoms with van der Waals surface area (Å²) in [7, 11) is 4.31. The number of methoxy groups -OCH3 is 2. The van der Waals surface area contributed by atoms with Crippen molar-refractivity contribution in [1.29, 1.82) is 0 Å². The van der Waals surface area contributed by atoms with Crippen molar-refractivity contribution in [3.63, 3.8) is 0 Å². The smallest absolute Gasteiger partial charge is 0.417 e. The second-order valence-corrected chi connectivity index (χ2v) is 3.10. The van der Waals surface area contributed by atoms with E-state index in [4.69, 9.17) is 0 Å². The van der Waals surface area contributed by atoms with E-state index < -0.39 is 12.2 Å². The molecule has 70 valence electrons. The highest BCUT2D eigenvalue weighted by atomic mass is 33.1. The molecule has 8 heteroatoms. The first kappa shape index (κ1) is 11.2. The average molecular weight is 212 g/mol. The molecule has 0 aliphatic heterocycles. The second kappa shape index (κ2) is 6.92. The fourth-order valence-electron chi connectivity index (χ4n) is 0.193. The molecular weight excluding hydrogens is 204 g/mol. The van der Waals surface area contributed by atoms with Crippen LogP contribution in [0.3, 0.4) is 0 Å². The fourth-order valence-corrected chi connectivity index (χ4v) is 1.24. The van der Waals surface area contributed by atoms with Gasteiger partial charge in [0.05, 0.1) is 14.2 Å². The topological polar surface area (TPSA) is 76.7 Å². The third-order valence-electron chi connectivity index (χ3n) is 0.662. The lowest BCUT2D eigenvalue weighted by atomic mass is 11.2. The highest BCUT2D eigenvalue weighted by molar-refractivity contribution is 8.75. The van der Waals surface area contributed by atoms with E-state index in [1.165, 1.54) is 14.2 Å². The van der Waals surface area contributed by atoms with E-state index in [-0.39, 0.29) is 0 Å². The second-order valence-electron chi connectivity index (χ2n) is 1.35. The molecule has 0 aliphatic carbocycles. The van der Waals surface area contributed by atoms with Crippen LogP contribution in [0.2, 0.25) is 0 Å². The van der Waals surface area contributed by atoms with E-state index in [2.05, 4.69) is 18.9 Å². The number of carbonyl (C=O) groups is 2. The molecule has 6 nitrogen and oxygen atoms in total. The molecule has 0 saturated carbocycles. The molecule has 2 N–H and O–H groups in total. The van der Waals surface area contributed by atoms with Gasteiger partial charge in [-0.3, -0.25) is 9.44 Å². The number of rotatable bonds is 3. The Balaban J connectivity index is 3.21. The van der Waals surface area contributed by atoms with Crippen LogP contribution in [-0.2, 0) is 9.47 Å². The maximum absolute atomic E-state index is 10.4. The van der Waals surface area contributed by atoms with Crippen LogP contribution in [0.1, 0.15) is 0 Å². The van der Waals surface area contributed by atoms with Crippen LogP contribution < -0.4 is 9.44 Å². The van der Waals surface area contributed by atoms with E-state index in [0.29, 0.717) is 0 Å². The van der Waals surface area contributed by atoms with Gasteiger partial charge in [-0.1, -0.05) is 0 Å². The van der Waals surface area contributed by atoms with Gasteiger partial charge in [-0.25, -0.2) is 9.59 Å². The molecule has 0 saturated heterocycles. The monoisotopic (exact) mass is 212 g/mol. The predicted octanol–water partition coefficient (Wildman–Crippen LogP) is 0.910. The summed E-state index contributed by atoms with van der Waals surface area (Å²) in [5.74, 6) is 0. The lowest BCUT2D eigenvalue weighted by Gasteiger charge is -2.01. The Hall–Kier alpha value is -0.760. The summed E-state index contributed by atoms with van der Waals surface area (Å²) < 4.78 is 13.0. The van der Waals surface area contributed by atoms with Gasteiger partial charge in [-0.2, -0.15) is 0 Å². The van der Waals surface area contributed by atoms with Gasteiger partial charge in [0, 0.05) is 22.0 Å². The van der Waals surface area contributed by atoms with Gasteiger partial charge in [0.25, 0.3) is 0 Å². The number of carbonyl (C=O) groups excluding carboxylic acids is 2. The van der Waals surface area contributed by atoms with Gasteiger partial charge in [0.1, 0.15) is 0 Å². The summed E-state index contributed by atoms with van der Waals surface area (Å²) in [5.41, 5.74) is 0. The van der Waals surface area contributed by atoms with Crippen LogP contribution in [-0.4, -0.2) is 26.4 Å². The molecule has 0 atom stereocenters. The SMILES string of the molecule is COC(=O)NSSNC(=O)OC. The van der Waals surface area contributed by atoms with Crippen molar-refractivity contribution in [3.05, 3.63) is 0 Å².